The third kappa shape index (κ3) is 3.19. The SMILES string of the molecule is CC1(C)[C@H]2CC[C@@]1(C)[C@@H](NC(=O)[C@@H]1CCCN(C(=O)Nc3ccccc3)C1)C2. The number of nitrogens with zero attached hydrogens (tertiary/aromatic N) is 1. The van der Waals surface area contributed by atoms with Crippen LogP contribution in [0.1, 0.15) is 52.9 Å². The van der Waals surface area contributed by atoms with Crippen molar-refractivity contribution < 1.29 is 9.59 Å². The summed E-state index contributed by atoms with van der Waals surface area (Å²) in [5.41, 5.74) is 1.27. The molecule has 152 valence electrons. The number of likely N-dealkylation sites (tertiary alicyclic amines) is 1. The van der Waals surface area contributed by atoms with Gasteiger partial charge in [-0.3, -0.25) is 4.79 Å². The lowest BCUT2D eigenvalue weighted by Gasteiger charge is -2.40. The van der Waals surface area contributed by atoms with Crippen molar-refractivity contribution in [2.75, 3.05) is 18.4 Å². The van der Waals surface area contributed by atoms with Crippen LogP contribution in [0.3, 0.4) is 0 Å². The number of fused-ring (bicyclic) bond motifs is 2. The van der Waals surface area contributed by atoms with Crippen molar-refractivity contribution in [3.8, 4) is 0 Å². The quantitative estimate of drug-likeness (QED) is 0.819. The normalized spacial score (nSPS) is 33.5. The molecule has 1 aliphatic heterocycles. The van der Waals surface area contributed by atoms with E-state index in [-0.39, 0.29) is 29.3 Å². The molecule has 3 amide bonds. The molecule has 2 bridgehead atoms. The zero-order chi connectivity index (χ0) is 19.9. The number of hydrogen-bond donors (Lipinski definition) is 2. The molecular formula is C23H33N3O2. The molecule has 2 saturated carbocycles. The van der Waals surface area contributed by atoms with Crippen molar-refractivity contribution >= 4 is 17.6 Å². The van der Waals surface area contributed by atoms with E-state index in [4.69, 9.17) is 0 Å². The number of carbonyl (C=O) groups excluding carboxylic acids is 2. The minimum absolute atomic E-state index is 0.110. The molecule has 0 unspecified atom stereocenters. The average Bonchev–Trinajstić information content (AvgIpc) is 3.02. The summed E-state index contributed by atoms with van der Waals surface area (Å²) in [5, 5.41) is 6.33. The Labute approximate surface area is 168 Å². The van der Waals surface area contributed by atoms with Crippen molar-refractivity contribution in [3.63, 3.8) is 0 Å². The lowest BCUT2D eigenvalue weighted by Crippen LogP contribution is -2.52. The number of nitrogens with one attached hydrogen (secondary N) is 2. The lowest BCUT2D eigenvalue weighted by atomic mass is 9.69. The average molecular weight is 384 g/mol. The molecule has 2 aliphatic carbocycles. The number of benzene rings is 1. The van der Waals surface area contributed by atoms with Crippen molar-refractivity contribution in [3.05, 3.63) is 30.3 Å². The van der Waals surface area contributed by atoms with Crippen LogP contribution in [-0.4, -0.2) is 36.0 Å². The first-order valence-corrected chi connectivity index (χ1v) is 10.7. The van der Waals surface area contributed by atoms with Gasteiger partial charge in [0.2, 0.25) is 5.91 Å². The maximum atomic E-state index is 13.0. The zero-order valence-corrected chi connectivity index (χ0v) is 17.3. The Kier molecular flexibility index (Phi) is 4.88. The maximum Gasteiger partial charge on any atom is 0.321 e. The Morgan fingerprint density at radius 3 is 2.50 bits per heavy atom. The number of anilines is 1. The van der Waals surface area contributed by atoms with Gasteiger partial charge in [-0.2, -0.15) is 0 Å². The molecule has 1 heterocycles. The van der Waals surface area contributed by atoms with Gasteiger partial charge >= 0.3 is 6.03 Å². The van der Waals surface area contributed by atoms with Gasteiger partial charge in [-0.25, -0.2) is 4.79 Å². The van der Waals surface area contributed by atoms with Crippen molar-refractivity contribution in [2.24, 2.45) is 22.7 Å². The number of rotatable bonds is 3. The third-order valence-corrected chi connectivity index (χ3v) is 8.21. The van der Waals surface area contributed by atoms with Gasteiger partial charge in [0.1, 0.15) is 0 Å². The number of carbonyl (C=O) groups is 2. The Morgan fingerprint density at radius 1 is 1.11 bits per heavy atom. The van der Waals surface area contributed by atoms with Gasteiger partial charge in [0.05, 0.1) is 5.92 Å². The fourth-order valence-electron chi connectivity index (χ4n) is 5.81. The largest absolute Gasteiger partial charge is 0.352 e. The highest BCUT2D eigenvalue weighted by Gasteiger charge is 2.61. The van der Waals surface area contributed by atoms with Crippen molar-refractivity contribution in [2.45, 2.75) is 58.9 Å². The Hall–Kier alpha value is -2.04. The van der Waals surface area contributed by atoms with Gasteiger partial charge in [0, 0.05) is 24.8 Å². The summed E-state index contributed by atoms with van der Waals surface area (Å²) in [7, 11) is 0. The molecule has 1 aromatic carbocycles. The molecule has 5 heteroatoms. The first-order valence-electron chi connectivity index (χ1n) is 10.7. The minimum Gasteiger partial charge on any atom is -0.352 e. The number of amides is 3. The van der Waals surface area contributed by atoms with Gasteiger partial charge in [-0.15, -0.1) is 0 Å². The molecule has 5 nitrogen and oxygen atoms in total. The first kappa shape index (κ1) is 19.3. The highest BCUT2D eigenvalue weighted by atomic mass is 16.2. The second-order valence-electron chi connectivity index (χ2n) is 9.75. The fraction of sp³-hybridized carbons (Fsp3) is 0.652. The summed E-state index contributed by atoms with van der Waals surface area (Å²) in [6.45, 7) is 8.30. The van der Waals surface area contributed by atoms with E-state index in [9.17, 15) is 9.59 Å². The second kappa shape index (κ2) is 7.09. The predicted molar refractivity (Wildman–Crippen MR) is 111 cm³/mol. The summed E-state index contributed by atoms with van der Waals surface area (Å²) in [5.74, 6) is 0.732. The van der Waals surface area contributed by atoms with E-state index in [0.717, 1.165) is 24.9 Å². The van der Waals surface area contributed by atoms with E-state index in [1.54, 1.807) is 4.90 Å². The summed E-state index contributed by atoms with van der Waals surface area (Å²) in [4.78, 5) is 27.4. The molecule has 3 aliphatic rings. The van der Waals surface area contributed by atoms with Crippen LogP contribution < -0.4 is 10.6 Å². The van der Waals surface area contributed by atoms with Crippen LogP contribution in [0.2, 0.25) is 0 Å². The van der Waals surface area contributed by atoms with Crippen molar-refractivity contribution in [1.29, 1.82) is 0 Å². The molecule has 4 rings (SSSR count). The lowest BCUT2D eigenvalue weighted by molar-refractivity contribution is -0.128. The highest BCUT2D eigenvalue weighted by molar-refractivity contribution is 5.90. The van der Waals surface area contributed by atoms with Crippen molar-refractivity contribution in [1.82, 2.24) is 10.2 Å². The monoisotopic (exact) mass is 383 g/mol. The minimum atomic E-state index is -0.114. The molecule has 28 heavy (non-hydrogen) atoms. The fourth-order valence-corrected chi connectivity index (χ4v) is 5.81. The number of urea groups is 1. The molecule has 0 spiro atoms. The third-order valence-electron chi connectivity index (χ3n) is 8.21. The summed E-state index contributed by atoms with van der Waals surface area (Å²) < 4.78 is 0. The summed E-state index contributed by atoms with van der Waals surface area (Å²) >= 11 is 0. The van der Waals surface area contributed by atoms with E-state index in [0.29, 0.717) is 24.4 Å². The maximum absolute atomic E-state index is 13.0. The molecule has 2 N–H and O–H groups in total. The standard InChI is InChI=1S/C23H33N3O2/c1-22(2)17-11-12-23(22,3)19(14-17)25-20(27)16-8-7-13-26(15-16)21(28)24-18-9-5-4-6-10-18/h4-6,9-10,16-17,19H,7-8,11-15H2,1-3H3,(H,24,28)(H,25,27)/t16-,17+,19+,23+/m1/s1. The number of hydrogen-bond acceptors (Lipinski definition) is 2. The molecule has 0 aromatic heterocycles. The van der Waals surface area contributed by atoms with Gasteiger partial charge in [0.25, 0.3) is 0 Å². The van der Waals surface area contributed by atoms with Gasteiger partial charge in [0.15, 0.2) is 0 Å². The second-order valence-corrected chi connectivity index (χ2v) is 9.75. The van der Waals surface area contributed by atoms with Crippen LogP contribution in [0.15, 0.2) is 30.3 Å². The molecule has 3 fully saturated rings. The predicted octanol–water partition coefficient (Wildman–Crippen LogP) is 4.26. The first-order chi connectivity index (χ1) is 13.3. The topological polar surface area (TPSA) is 61.4 Å². The van der Waals surface area contributed by atoms with Crippen LogP contribution in [-0.2, 0) is 4.79 Å². The van der Waals surface area contributed by atoms with E-state index in [1.807, 2.05) is 30.3 Å². The molecule has 0 radical (unpaired) electrons. The van der Waals surface area contributed by atoms with E-state index in [2.05, 4.69) is 31.4 Å². The van der Waals surface area contributed by atoms with Crippen LogP contribution in [0, 0.1) is 22.7 Å². The van der Waals surface area contributed by atoms with Crippen LogP contribution in [0.4, 0.5) is 10.5 Å². The Balaban J connectivity index is 1.36. The smallest absolute Gasteiger partial charge is 0.321 e. The van der Waals surface area contributed by atoms with Gasteiger partial charge in [-0.05, 0) is 61.0 Å². The number of piperidine rings is 1. The zero-order valence-electron chi connectivity index (χ0n) is 17.3. The van der Waals surface area contributed by atoms with E-state index in [1.165, 1.54) is 12.8 Å². The Morgan fingerprint density at radius 2 is 1.86 bits per heavy atom. The molecule has 4 atom stereocenters. The van der Waals surface area contributed by atoms with Gasteiger partial charge in [-0.1, -0.05) is 39.0 Å². The summed E-state index contributed by atoms with van der Waals surface area (Å²) in [6, 6.07) is 9.64. The van der Waals surface area contributed by atoms with Crippen LogP contribution in [0.5, 0.6) is 0 Å². The van der Waals surface area contributed by atoms with E-state index >= 15 is 0 Å². The van der Waals surface area contributed by atoms with Crippen LogP contribution >= 0.6 is 0 Å². The van der Waals surface area contributed by atoms with E-state index < -0.39 is 0 Å². The van der Waals surface area contributed by atoms with Crippen LogP contribution in [0.25, 0.3) is 0 Å². The number of para-hydroxylation sites is 1. The van der Waals surface area contributed by atoms with Gasteiger partial charge < -0.3 is 15.5 Å². The highest BCUT2D eigenvalue weighted by Crippen LogP contribution is 2.65. The molecule has 1 aromatic rings. The summed E-state index contributed by atoms with van der Waals surface area (Å²) in [6.07, 6.45) is 5.31. The molecular weight excluding hydrogens is 350 g/mol. The Bertz CT molecular complexity index is 747. The molecule has 1 saturated heterocycles.